The Balaban J connectivity index is 1.74. The summed E-state index contributed by atoms with van der Waals surface area (Å²) in [6, 6.07) is 7.51. The van der Waals surface area contributed by atoms with E-state index in [1.807, 2.05) is 18.2 Å². The number of para-hydroxylation sites is 1. The van der Waals surface area contributed by atoms with E-state index in [0.29, 0.717) is 5.58 Å². The molecular weight excluding hydrogens is 214 g/mol. The van der Waals surface area contributed by atoms with Gasteiger partial charge >= 0.3 is 0 Å². The predicted octanol–water partition coefficient (Wildman–Crippen LogP) is 2.78. The van der Waals surface area contributed by atoms with E-state index < -0.39 is 0 Å². The van der Waals surface area contributed by atoms with E-state index in [2.05, 4.69) is 4.90 Å². The SMILES string of the molecule is Oc1cccc2cc(CCN3CCCC3)oc12. The third kappa shape index (κ3) is 2.15. The highest BCUT2D eigenvalue weighted by Gasteiger charge is 2.13. The van der Waals surface area contributed by atoms with Gasteiger partial charge in [0.05, 0.1) is 0 Å². The molecule has 1 aliphatic heterocycles. The van der Waals surface area contributed by atoms with Crippen molar-refractivity contribution in [3.8, 4) is 5.75 Å². The average Bonchev–Trinajstić information content (AvgIpc) is 2.95. The highest BCUT2D eigenvalue weighted by Crippen LogP contribution is 2.27. The van der Waals surface area contributed by atoms with Gasteiger partial charge in [-0.15, -0.1) is 0 Å². The lowest BCUT2D eigenvalue weighted by Gasteiger charge is -2.12. The predicted molar refractivity (Wildman–Crippen MR) is 67.3 cm³/mol. The molecule has 90 valence electrons. The number of hydrogen-bond donors (Lipinski definition) is 1. The minimum Gasteiger partial charge on any atom is -0.504 e. The van der Waals surface area contributed by atoms with Gasteiger partial charge in [0.2, 0.25) is 0 Å². The maximum absolute atomic E-state index is 9.66. The van der Waals surface area contributed by atoms with Crippen molar-refractivity contribution in [2.45, 2.75) is 19.3 Å². The highest BCUT2D eigenvalue weighted by molar-refractivity contribution is 5.83. The van der Waals surface area contributed by atoms with Crippen LogP contribution in [0.4, 0.5) is 0 Å². The van der Waals surface area contributed by atoms with E-state index in [1.54, 1.807) is 6.07 Å². The molecule has 1 aromatic heterocycles. The summed E-state index contributed by atoms with van der Waals surface area (Å²) in [6.07, 6.45) is 3.57. The van der Waals surface area contributed by atoms with Crippen molar-refractivity contribution in [1.29, 1.82) is 0 Å². The molecule has 3 heteroatoms. The van der Waals surface area contributed by atoms with Gasteiger partial charge in [-0.25, -0.2) is 0 Å². The molecule has 0 aliphatic carbocycles. The van der Waals surface area contributed by atoms with Crippen molar-refractivity contribution in [3.05, 3.63) is 30.0 Å². The summed E-state index contributed by atoms with van der Waals surface area (Å²) in [5.41, 5.74) is 0.615. The lowest BCUT2D eigenvalue weighted by molar-refractivity contribution is 0.332. The van der Waals surface area contributed by atoms with Crippen LogP contribution >= 0.6 is 0 Å². The fourth-order valence-corrected chi connectivity index (χ4v) is 2.50. The number of rotatable bonds is 3. The van der Waals surface area contributed by atoms with Gasteiger partial charge in [0, 0.05) is 18.4 Å². The maximum Gasteiger partial charge on any atom is 0.175 e. The Hall–Kier alpha value is -1.48. The Morgan fingerprint density at radius 3 is 2.82 bits per heavy atom. The van der Waals surface area contributed by atoms with Gasteiger partial charge in [-0.1, -0.05) is 12.1 Å². The Kier molecular flexibility index (Phi) is 2.77. The van der Waals surface area contributed by atoms with Gasteiger partial charge in [0.1, 0.15) is 5.76 Å². The molecule has 0 saturated carbocycles. The van der Waals surface area contributed by atoms with E-state index in [1.165, 1.54) is 25.9 Å². The molecule has 0 amide bonds. The number of likely N-dealkylation sites (tertiary alicyclic amines) is 1. The first-order chi connectivity index (χ1) is 8.33. The second-order valence-electron chi connectivity index (χ2n) is 4.71. The third-order valence-corrected chi connectivity index (χ3v) is 3.45. The smallest absolute Gasteiger partial charge is 0.175 e. The first kappa shape index (κ1) is 10.7. The van der Waals surface area contributed by atoms with Crippen molar-refractivity contribution >= 4 is 11.0 Å². The second-order valence-corrected chi connectivity index (χ2v) is 4.71. The van der Waals surface area contributed by atoms with E-state index in [0.717, 1.165) is 24.1 Å². The van der Waals surface area contributed by atoms with Gasteiger partial charge in [-0.2, -0.15) is 0 Å². The molecule has 2 aromatic rings. The van der Waals surface area contributed by atoms with Gasteiger partial charge in [-0.05, 0) is 38.1 Å². The maximum atomic E-state index is 9.66. The Labute approximate surface area is 101 Å². The van der Waals surface area contributed by atoms with Crippen LogP contribution in [0, 0.1) is 0 Å². The fraction of sp³-hybridized carbons (Fsp3) is 0.429. The van der Waals surface area contributed by atoms with E-state index >= 15 is 0 Å². The highest BCUT2D eigenvalue weighted by atomic mass is 16.4. The van der Waals surface area contributed by atoms with Crippen LogP contribution in [0.2, 0.25) is 0 Å². The average molecular weight is 231 g/mol. The Bertz CT molecular complexity index is 512. The normalized spacial score (nSPS) is 16.9. The molecule has 1 fully saturated rings. The first-order valence-corrected chi connectivity index (χ1v) is 6.26. The van der Waals surface area contributed by atoms with Crippen LogP contribution in [-0.2, 0) is 6.42 Å². The zero-order valence-corrected chi connectivity index (χ0v) is 9.85. The van der Waals surface area contributed by atoms with E-state index in [9.17, 15) is 5.11 Å². The Morgan fingerprint density at radius 2 is 2.06 bits per heavy atom. The number of fused-ring (bicyclic) bond motifs is 1. The number of phenols is 1. The molecular formula is C14H17NO2. The molecule has 1 aliphatic rings. The minimum atomic E-state index is 0.231. The monoisotopic (exact) mass is 231 g/mol. The zero-order chi connectivity index (χ0) is 11.7. The summed E-state index contributed by atoms with van der Waals surface area (Å²) in [5, 5.41) is 10.6. The molecule has 1 N–H and O–H groups in total. The number of furan rings is 1. The van der Waals surface area contributed by atoms with Crippen LogP contribution in [0.15, 0.2) is 28.7 Å². The summed E-state index contributed by atoms with van der Waals surface area (Å²) >= 11 is 0. The number of nitrogens with zero attached hydrogens (tertiary/aromatic N) is 1. The molecule has 1 saturated heterocycles. The van der Waals surface area contributed by atoms with Crippen LogP contribution in [0.1, 0.15) is 18.6 Å². The van der Waals surface area contributed by atoms with Gasteiger partial charge in [0.25, 0.3) is 0 Å². The number of benzene rings is 1. The lowest BCUT2D eigenvalue weighted by Crippen LogP contribution is -2.21. The number of hydrogen-bond acceptors (Lipinski definition) is 3. The van der Waals surface area contributed by atoms with Crippen molar-refractivity contribution in [1.82, 2.24) is 4.90 Å². The van der Waals surface area contributed by atoms with Crippen LogP contribution in [0.25, 0.3) is 11.0 Å². The molecule has 0 spiro atoms. The van der Waals surface area contributed by atoms with Crippen LogP contribution in [-0.4, -0.2) is 29.6 Å². The summed E-state index contributed by atoms with van der Waals surface area (Å²) in [4.78, 5) is 2.47. The molecule has 3 nitrogen and oxygen atoms in total. The van der Waals surface area contributed by atoms with Gasteiger partial charge < -0.3 is 14.4 Å². The third-order valence-electron chi connectivity index (χ3n) is 3.45. The largest absolute Gasteiger partial charge is 0.504 e. The quantitative estimate of drug-likeness (QED) is 0.882. The minimum absolute atomic E-state index is 0.231. The molecule has 2 heterocycles. The summed E-state index contributed by atoms with van der Waals surface area (Å²) < 4.78 is 5.68. The van der Waals surface area contributed by atoms with Crippen molar-refractivity contribution in [3.63, 3.8) is 0 Å². The topological polar surface area (TPSA) is 36.6 Å². The molecule has 0 radical (unpaired) electrons. The molecule has 3 rings (SSSR count). The molecule has 17 heavy (non-hydrogen) atoms. The molecule has 0 bridgehead atoms. The van der Waals surface area contributed by atoms with Crippen molar-refractivity contribution in [2.75, 3.05) is 19.6 Å². The zero-order valence-electron chi connectivity index (χ0n) is 9.85. The lowest BCUT2D eigenvalue weighted by atomic mass is 10.2. The summed E-state index contributed by atoms with van der Waals surface area (Å²) in [7, 11) is 0. The van der Waals surface area contributed by atoms with E-state index in [4.69, 9.17) is 4.42 Å². The number of phenolic OH excluding ortho intramolecular Hbond substituents is 1. The van der Waals surface area contributed by atoms with Crippen LogP contribution < -0.4 is 0 Å². The van der Waals surface area contributed by atoms with E-state index in [-0.39, 0.29) is 5.75 Å². The van der Waals surface area contributed by atoms with Gasteiger partial charge in [-0.3, -0.25) is 0 Å². The van der Waals surface area contributed by atoms with Crippen LogP contribution in [0.5, 0.6) is 5.75 Å². The standard InChI is InChI=1S/C14H17NO2/c16-13-5-3-4-11-10-12(17-14(11)13)6-9-15-7-1-2-8-15/h3-5,10,16H,1-2,6-9H2. The van der Waals surface area contributed by atoms with Crippen molar-refractivity contribution in [2.24, 2.45) is 0 Å². The first-order valence-electron chi connectivity index (χ1n) is 6.26. The van der Waals surface area contributed by atoms with Crippen molar-refractivity contribution < 1.29 is 9.52 Å². The van der Waals surface area contributed by atoms with Crippen LogP contribution in [0.3, 0.4) is 0 Å². The summed E-state index contributed by atoms with van der Waals surface area (Å²) in [6.45, 7) is 3.48. The second kappa shape index (κ2) is 4.41. The van der Waals surface area contributed by atoms with Gasteiger partial charge in [0.15, 0.2) is 11.3 Å². The molecule has 1 aromatic carbocycles. The number of aromatic hydroxyl groups is 1. The fourth-order valence-electron chi connectivity index (χ4n) is 2.50. The Morgan fingerprint density at radius 1 is 1.24 bits per heavy atom. The molecule has 0 atom stereocenters. The molecule has 0 unspecified atom stereocenters. The summed E-state index contributed by atoms with van der Waals surface area (Å²) in [5.74, 6) is 1.20.